The monoisotopic (exact) mass is 557 g/mol. The van der Waals surface area contributed by atoms with Crippen molar-refractivity contribution in [3.63, 3.8) is 0 Å². The van der Waals surface area contributed by atoms with Gasteiger partial charge in [0.15, 0.2) is 11.7 Å². The molecule has 0 bridgehead atoms. The number of unbranched alkanes of at least 4 members (excludes halogenated alkanes) is 1. The Kier molecular flexibility index (Phi) is 9.63. The Morgan fingerprint density at radius 1 is 1.05 bits per heavy atom. The Labute approximate surface area is 239 Å². The minimum atomic E-state index is -0.528. The average molecular weight is 558 g/mol. The number of aromatic hydroxyl groups is 1. The van der Waals surface area contributed by atoms with Gasteiger partial charge in [-0.2, -0.15) is 0 Å². The lowest BCUT2D eigenvalue weighted by Crippen LogP contribution is -2.23. The Bertz CT molecular complexity index is 1560. The second-order valence-electron chi connectivity index (χ2n) is 9.33. The Balaban J connectivity index is 1.63. The first kappa shape index (κ1) is 29.2. The summed E-state index contributed by atoms with van der Waals surface area (Å²) in [5.74, 6) is 2.14. The zero-order valence-electron chi connectivity index (χ0n) is 23.8. The van der Waals surface area contributed by atoms with Crippen molar-refractivity contribution in [1.29, 1.82) is 0 Å². The molecular formula is C32H35N3O6. The van der Waals surface area contributed by atoms with Gasteiger partial charge in [-0.1, -0.05) is 56.3 Å². The van der Waals surface area contributed by atoms with E-state index in [0.717, 1.165) is 18.4 Å². The Morgan fingerprint density at radius 2 is 1.76 bits per heavy atom. The van der Waals surface area contributed by atoms with Gasteiger partial charge in [0.05, 0.1) is 37.3 Å². The number of rotatable bonds is 12. The van der Waals surface area contributed by atoms with E-state index in [4.69, 9.17) is 18.6 Å². The van der Waals surface area contributed by atoms with E-state index in [0.29, 0.717) is 65.0 Å². The fourth-order valence-corrected chi connectivity index (χ4v) is 4.55. The summed E-state index contributed by atoms with van der Waals surface area (Å²) in [5, 5.41) is 11.6. The van der Waals surface area contributed by atoms with Crippen molar-refractivity contribution in [3.05, 3.63) is 94.6 Å². The fraction of sp³-hybridized carbons (Fsp3) is 0.281. The van der Waals surface area contributed by atoms with Gasteiger partial charge in [0.25, 0.3) is 5.56 Å². The normalized spacial score (nSPS) is 11.4. The molecule has 2 heterocycles. The van der Waals surface area contributed by atoms with Gasteiger partial charge in [-0.25, -0.2) is 4.98 Å². The number of pyridine rings is 1. The smallest absolute Gasteiger partial charge is 0.264 e. The highest BCUT2D eigenvalue weighted by atomic mass is 16.5. The van der Waals surface area contributed by atoms with E-state index >= 15 is 0 Å². The number of aromatic nitrogens is 2. The summed E-state index contributed by atoms with van der Waals surface area (Å²) in [7, 11) is 4.56. The first-order chi connectivity index (χ1) is 19.9. The van der Waals surface area contributed by atoms with E-state index in [9.17, 15) is 9.90 Å². The molecule has 0 saturated carbocycles. The number of aliphatic imine (C=N–C) groups is 1. The molecule has 0 aliphatic rings. The summed E-state index contributed by atoms with van der Waals surface area (Å²) in [4.78, 5) is 24.8. The second kappa shape index (κ2) is 13.5. The van der Waals surface area contributed by atoms with Crippen LogP contribution in [0.25, 0.3) is 22.5 Å². The van der Waals surface area contributed by atoms with E-state index in [2.05, 4.69) is 28.5 Å². The van der Waals surface area contributed by atoms with Crippen molar-refractivity contribution in [3.8, 4) is 39.7 Å². The number of oxazole rings is 1. The molecule has 0 aliphatic carbocycles. The Morgan fingerprint density at radius 3 is 2.39 bits per heavy atom. The standard InChI is InChI=1S/C32H35N3O6/c1-6-7-14-22-27(28-23(38-4)15-11-16-24(28)39-5)30(36)29(31(37)35-22)32(33-3)40-20(2)17-18-26-34-19-25(41-26)21-12-9-8-10-13-21/h8-13,15-16,19H,2,6-7,14,17-18H2,1,3-5H3,(H2,35,36,37). The third-order valence-electron chi connectivity index (χ3n) is 6.61. The van der Waals surface area contributed by atoms with Gasteiger partial charge in [-0.3, -0.25) is 9.79 Å². The van der Waals surface area contributed by atoms with Gasteiger partial charge in [-0.15, -0.1) is 0 Å². The molecule has 0 fully saturated rings. The molecule has 4 aromatic rings. The summed E-state index contributed by atoms with van der Waals surface area (Å²) in [6, 6.07) is 15.0. The van der Waals surface area contributed by atoms with E-state index < -0.39 is 5.56 Å². The molecule has 2 aromatic carbocycles. The van der Waals surface area contributed by atoms with Gasteiger partial charge < -0.3 is 28.7 Å². The number of benzene rings is 2. The molecule has 0 spiro atoms. The molecule has 2 aromatic heterocycles. The summed E-state index contributed by atoms with van der Waals surface area (Å²) in [6.45, 7) is 6.05. The molecule has 4 rings (SSSR count). The molecule has 41 heavy (non-hydrogen) atoms. The number of allylic oxidation sites excluding steroid dienone is 1. The highest BCUT2D eigenvalue weighted by Crippen LogP contribution is 2.45. The van der Waals surface area contributed by atoms with Crippen LogP contribution in [-0.2, 0) is 17.6 Å². The van der Waals surface area contributed by atoms with E-state index in [-0.39, 0.29) is 17.2 Å². The van der Waals surface area contributed by atoms with Crippen LogP contribution < -0.4 is 15.0 Å². The molecular weight excluding hydrogens is 522 g/mol. The largest absolute Gasteiger partial charge is 0.506 e. The number of hydrogen-bond acceptors (Lipinski definition) is 8. The molecule has 0 atom stereocenters. The average Bonchev–Trinajstić information content (AvgIpc) is 3.47. The maximum atomic E-state index is 13.3. The molecule has 9 heteroatoms. The molecule has 0 saturated heterocycles. The number of aromatic amines is 1. The molecule has 0 aliphatic heterocycles. The van der Waals surface area contributed by atoms with Gasteiger partial charge in [0, 0.05) is 31.1 Å². The number of ether oxygens (including phenoxy) is 3. The van der Waals surface area contributed by atoms with Gasteiger partial charge in [0.1, 0.15) is 22.8 Å². The van der Waals surface area contributed by atoms with Crippen LogP contribution in [0.15, 0.2) is 81.3 Å². The number of hydrogen-bond donors (Lipinski definition) is 2. The van der Waals surface area contributed by atoms with Crippen LogP contribution in [0.5, 0.6) is 17.2 Å². The predicted molar refractivity (Wildman–Crippen MR) is 159 cm³/mol. The van der Waals surface area contributed by atoms with Crippen molar-refractivity contribution < 1.29 is 23.7 Å². The number of methoxy groups -OCH3 is 2. The van der Waals surface area contributed by atoms with Gasteiger partial charge in [-0.05, 0) is 25.0 Å². The summed E-state index contributed by atoms with van der Waals surface area (Å²) < 4.78 is 23.0. The van der Waals surface area contributed by atoms with Crippen LogP contribution in [0.3, 0.4) is 0 Å². The summed E-state index contributed by atoms with van der Waals surface area (Å²) >= 11 is 0. The van der Waals surface area contributed by atoms with Crippen LogP contribution in [0, 0.1) is 0 Å². The lowest BCUT2D eigenvalue weighted by Gasteiger charge is -2.20. The van der Waals surface area contributed by atoms with Crippen LogP contribution in [0.2, 0.25) is 0 Å². The van der Waals surface area contributed by atoms with E-state index in [1.807, 2.05) is 30.3 Å². The third-order valence-corrected chi connectivity index (χ3v) is 6.61. The molecule has 0 unspecified atom stereocenters. The predicted octanol–water partition coefficient (Wildman–Crippen LogP) is 6.30. The van der Waals surface area contributed by atoms with Gasteiger partial charge >= 0.3 is 0 Å². The zero-order valence-corrected chi connectivity index (χ0v) is 23.8. The molecule has 9 nitrogen and oxygen atoms in total. The quantitative estimate of drug-likeness (QED) is 0.119. The lowest BCUT2D eigenvalue weighted by atomic mass is 9.95. The van der Waals surface area contributed by atoms with Crippen LogP contribution >= 0.6 is 0 Å². The molecule has 0 amide bonds. The van der Waals surface area contributed by atoms with Crippen molar-refractivity contribution in [2.45, 2.75) is 39.0 Å². The number of nitrogens with zero attached hydrogens (tertiary/aromatic N) is 2. The highest BCUT2D eigenvalue weighted by molar-refractivity contribution is 6.00. The van der Waals surface area contributed by atoms with Crippen molar-refractivity contribution in [1.82, 2.24) is 9.97 Å². The first-order valence-corrected chi connectivity index (χ1v) is 13.4. The first-order valence-electron chi connectivity index (χ1n) is 13.4. The van der Waals surface area contributed by atoms with Crippen molar-refractivity contribution >= 4 is 5.90 Å². The van der Waals surface area contributed by atoms with Crippen LogP contribution in [-0.4, -0.2) is 42.2 Å². The number of H-pyrrole nitrogens is 1. The Hall–Kier alpha value is -4.79. The number of nitrogens with one attached hydrogen (secondary N) is 1. The maximum Gasteiger partial charge on any atom is 0.264 e. The summed E-state index contributed by atoms with van der Waals surface area (Å²) in [5.41, 5.74) is 1.77. The molecule has 2 N–H and O–H groups in total. The van der Waals surface area contributed by atoms with Crippen molar-refractivity contribution in [2.75, 3.05) is 21.3 Å². The minimum absolute atomic E-state index is 0.0664. The molecule has 214 valence electrons. The second-order valence-corrected chi connectivity index (χ2v) is 9.33. The van der Waals surface area contributed by atoms with E-state index in [1.165, 1.54) is 21.3 Å². The lowest BCUT2D eigenvalue weighted by molar-refractivity contribution is 0.382. The summed E-state index contributed by atoms with van der Waals surface area (Å²) in [6.07, 6.45) is 4.68. The number of aryl methyl sites for hydroxylation is 2. The highest BCUT2D eigenvalue weighted by Gasteiger charge is 2.27. The van der Waals surface area contributed by atoms with Gasteiger partial charge in [0.2, 0.25) is 5.90 Å². The van der Waals surface area contributed by atoms with E-state index in [1.54, 1.807) is 24.4 Å². The molecule has 0 radical (unpaired) electrons. The van der Waals surface area contributed by atoms with Crippen molar-refractivity contribution in [2.24, 2.45) is 4.99 Å². The van der Waals surface area contributed by atoms with Crippen LogP contribution in [0.4, 0.5) is 0 Å². The zero-order chi connectivity index (χ0) is 29.4. The topological polar surface area (TPSA) is 119 Å². The van der Waals surface area contributed by atoms with Crippen LogP contribution in [0.1, 0.15) is 43.3 Å². The fourth-order valence-electron chi connectivity index (χ4n) is 4.55. The maximum absolute atomic E-state index is 13.3. The third kappa shape index (κ3) is 6.51. The minimum Gasteiger partial charge on any atom is -0.506 e. The SMILES string of the molecule is C=C(CCc1ncc(-c2ccccc2)o1)OC(=NC)c1c(O)c(-c2c(OC)cccc2OC)c(CCCC)[nH]c1=O.